The highest BCUT2D eigenvalue weighted by molar-refractivity contribution is 5.08. The molecule has 0 aliphatic carbocycles. The molecule has 0 bridgehead atoms. The number of hydrogen-bond acceptors (Lipinski definition) is 3. The lowest BCUT2D eigenvalue weighted by atomic mass is 10.0. The number of rotatable bonds is 4. The van der Waals surface area contributed by atoms with Crippen LogP contribution in [0.25, 0.3) is 0 Å². The molecule has 15 heavy (non-hydrogen) atoms. The Morgan fingerprint density at radius 2 is 2.27 bits per heavy atom. The lowest BCUT2D eigenvalue weighted by Crippen LogP contribution is -2.26. The zero-order valence-electron chi connectivity index (χ0n) is 9.15. The Morgan fingerprint density at radius 3 is 2.93 bits per heavy atom. The molecule has 3 heteroatoms. The fourth-order valence-corrected chi connectivity index (χ4v) is 1.95. The first-order chi connectivity index (χ1) is 7.36. The maximum atomic E-state index is 5.52. The predicted octanol–water partition coefficient (Wildman–Crippen LogP) is 1.60. The summed E-state index contributed by atoms with van der Waals surface area (Å²) < 4.78 is 5.52. The second-order valence-corrected chi connectivity index (χ2v) is 4.11. The summed E-state index contributed by atoms with van der Waals surface area (Å²) in [7, 11) is 0. The Kier molecular flexibility index (Phi) is 3.69. The topological polar surface area (TPSA) is 34.1 Å². The first-order valence-corrected chi connectivity index (χ1v) is 5.57. The van der Waals surface area contributed by atoms with Crippen LogP contribution in [0.5, 0.6) is 0 Å². The van der Waals surface area contributed by atoms with Gasteiger partial charge in [-0.05, 0) is 37.0 Å². The minimum absolute atomic E-state index is 0.412. The Balaban J connectivity index is 1.71. The third kappa shape index (κ3) is 3.01. The van der Waals surface area contributed by atoms with Crippen LogP contribution in [-0.2, 0) is 11.3 Å². The van der Waals surface area contributed by atoms with Gasteiger partial charge in [0.05, 0.1) is 6.10 Å². The van der Waals surface area contributed by atoms with Gasteiger partial charge in [0.1, 0.15) is 0 Å². The number of ether oxygens (including phenoxy) is 1. The summed E-state index contributed by atoms with van der Waals surface area (Å²) in [6.45, 7) is 5.05. The second kappa shape index (κ2) is 5.24. The smallest absolute Gasteiger partial charge is 0.0588 e. The van der Waals surface area contributed by atoms with Crippen molar-refractivity contribution in [1.29, 1.82) is 0 Å². The van der Waals surface area contributed by atoms with Crippen molar-refractivity contribution in [3.63, 3.8) is 0 Å². The van der Waals surface area contributed by atoms with Crippen LogP contribution in [0.3, 0.4) is 0 Å². The molecule has 0 aromatic carbocycles. The van der Waals surface area contributed by atoms with Gasteiger partial charge >= 0.3 is 0 Å². The van der Waals surface area contributed by atoms with E-state index in [0.29, 0.717) is 12.0 Å². The maximum absolute atomic E-state index is 5.52. The molecule has 1 aromatic heterocycles. The first kappa shape index (κ1) is 10.6. The number of pyridine rings is 1. The van der Waals surface area contributed by atoms with E-state index < -0.39 is 0 Å². The van der Waals surface area contributed by atoms with E-state index in [9.17, 15) is 0 Å². The van der Waals surface area contributed by atoms with E-state index in [1.54, 1.807) is 0 Å². The molecule has 2 rings (SSSR count). The SMILES string of the molecule is CC1OCCC1CNCc1ccncc1. The summed E-state index contributed by atoms with van der Waals surface area (Å²) in [6, 6.07) is 4.09. The van der Waals surface area contributed by atoms with Gasteiger partial charge < -0.3 is 10.1 Å². The summed E-state index contributed by atoms with van der Waals surface area (Å²) in [4.78, 5) is 4.00. The van der Waals surface area contributed by atoms with Crippen LogP contribution in [0.15, 0.2) is 24.5 Å². The standard InChI is InChI=1S/C12H18N2O/c1-10-12(4-7-15-10)9-14-8-11-2-5-13-6-3-11/h2-3,5-6,10,12,14H,4,7-9H2,1H3. The minimum Gasteiger partial charge on any atom is -0.378 e. The summed E-state index contributed by atoms with van der Waals surface area (Å²) in [5.74, 6) is 0.673. The molecule has 0 amide bonds. The molecule has 0 saturated carbocycles. The van der Waals surface area contributed by atoms with Crippen molar-refractivity contribution in [3.8, 4) is 0 Å². The van der Waals surface area contributed by atoms with Crippen molar-refractivity contribution < 1.29 is 4.74 Å². The number of nitrogens with zero attached hydrogens (tertiary/aromatic N) is 1. The molecular formula is C12H18N2O. The molecule has 0 radical (unpaired) electrons. The molecule has 3 nitrogen and oxygen atoms in total. The molecule has 1 saturated heterocycles. The average Bonchev–Trinajstić information content (AvgIpc) is 2.66. The predicted molar refractivity (Wildman–Crippen MR) is 59.5 cm³/mol. The number of aromatic nitrogens is 1. The van der Waals surface area contributed by atoms with Crippen molar-refractivity contribution in [2.75, 3.05) is 13.2 Å². The fourth-order valence-electron chi connectivity index (χ4n) is 1.95. The lowest BCUT2D eigenvalue weighted by Gasteiger charge is -2.14. The van der Waals surface area contributed by atoms with E-state index in [4.69, 9.17) is 4.74 Å². The van der Waals surface area contributed by atoms with Crippen molar-refractivity contribution >= 4 is 0 Å². The van der Waals surface area contributed by atoms with Gasteiger partial charge in [-0.25, -0.2) is 0 Å². The van der Waals surface area contributed by atoms with Gasteiger partial charge in [0.15, 0.2) is 0 Å². The minimum atomic E-state index is 0.412. The largest absolute Gasteiger partial charge is 0.378 e. The summed E-state index contributed by atoms with van der Waals surface area (Å²) in [6.07, 6.45) is 5.26. The van der Waals surface area contributed by atoms with Crippen molar-refractivity contribution in [2.45, 2.75) is 26.0 Å². The normalized spacial score (nSPS) is 25.7. The molecule has 1 aromatic rings. The van der Waals surface area contributed by atoms with E-state index in [0.717, 1.165) is 19.7 Å². The molecule has 0 spiro atoms. The number of hydrogen-bond donors (Lipinski definition) is 1. The Morgan fingerprint density at radius 1 is 1.47 bits per heavy atom. The summed E-state index contributed by atoms with van der Waals surface area (Å²) >= 11 is 0. The van der Waals surface area contributed by atoms with Gasteiger partial charge in [-0.2, -0.15) is 0 Å². The zero-order chi connectivity index (χ0) is 10.5. The average molecular weight is 206 g/mol. The first-order valence-electron chi connectivity index (χ1n) is 5.57. The summed E-state index contributed by atoms with van der Waals surface area (Å²) in [5.41, 5.74) is 1.29. The van der Waals surface area contributed by atoms with Crippen LogP contribution >= 0.6 is 0 Å². The molecule has 1 aliphatic rings. The van der Waals surface area contributed by atoms with E-state index >= 15 is 0 Å². The summed E-state index contributed by atoms with van der Waals surface area (Å²) in [5, 5.41) is 3.47. The third-order valence-corrected chi connectivity index (χ3v) is 3.02. The molecule has 2 atom stereocenters. The second-order valence-electron chi connectivity index (χ2n) is 4.11. The third-order valence-electron chi connectivity index (χ3n) is 3.02. The highest BCUT2D eigenvalue weighted by Gasteiger charge is 2.23. The van der Waals surface area contributed by atoms with Gasteiger partial charge in [-0.3, -0.25) is 4.98 Å². The molecule has 82 valence electrons. The lowest BCUT2D eigenvalue weighted by molar-refractivity contribution is 0.105. The van der Waals surface area contributed by atoms with Gasteiger partial charge in [0.25, 0.3) is 0 Å². The number of nitrogens with one attached hydrogen (secondary N) is 1. The molecular weight excluding hydrogens is 188 g/mol. The van der Waals surface area contributed by atoms with E-state index in [1.165, 1.54) is 12.0 Å². The van der Waals surface area contributed by atoms with Crippen LogP contribution in [0, 0.1) is 5.92 Å². The van der Waals surface area contributed by atoms with E-state index in [2.05, 4.69) is 17.2 Å². The molecule has 2 heterocycles. The van der Waals surface area contributed by atoms with Crippen LogP contribution in [0.4, 0.5) is 0 Å². The van der Waals surface area contributed by atoms with Crippen molar-refractivity contribution in [1.82, 2.24) is 10.3 Å². The maximum Gasteiger partial charge on any atom is 0.0588 e. The van der Waals surface area contributed by atoms with Gasteiger partial charge in [-0.15, -0.1) is 0 Å². The van der Waals surface area contributed by atoms with Gasteiger partial charge in [0, 0.05) is 32.1 Å². The monoisotopic (exact) mass is 206 g/mol. The van der Waals surface area contributed by atoms with Gasteiger partial charge in [-0.1, -0.05) is 0 Å². The fraction of sp³-hybridized carbons (Fsp3) is 0.583. The Hall–Kier alpha value is -0.930. The Labute approximate surface area is 90.9 Å². The van der Waals surface area contributed by atoms with Crippen molar-refractivity contribution in [2.24, 2.45) is 5.92 Å². The Bertz CT molecular complexity index is 289. The molecule has 1 fully saturated rings. The van der Waals surface area contributed by atoms with Crippen LogP contribution in [0.1, 0.15) is 18.9 Å². The van der Waals surface area contributed by atoms with E-state index in [-0.39, 0.29) is 0 Å². The van der Waals surface area contributed by atoms with Crippen LogP contribution in [0.2, 0.25) is 0 Å². The van der Waals surface area contributed by atoms with Crippen molar-refractivity contribution in [3.05, 3.63) is 30.1 Å². The molecule has 2 unspecified atom stereocenters. The van der Waals surface area contributed by atoms with Crippen LogP contribution in [-0.4, -0.2) is 24.2 Å². The highest BCUT2D eigenvalue weighted by Crippen LogP contribution is 2.19. The van der Waals surface area contributed by atoms with Gasteiger partial charge in [0.2, 0.25) is 0 Å². The highest BCUT2D eigenvalue weighted by atomic mass is 16.5. The molecule has 1 N–H and O–H groups in total. The van der Waals surface area contributed by atoms with E-state index in [1.807, 2.05) is 24.5 Å². The molecule has 1 aliphatic heterocycles. The quantitative estimate of drug-likeness (QED) is 0.812. The zero-order valence-corrected chi connectivity index (χ0v) is 9.15. The van der Waals surface area contributed by atoms with Crippen LogP contribution < -0.4 is 5.32 Å².